The molecule has 1 saturated carbocycles. The van der Waals surface area contributed by atoms with Crippen molar-refractivity contribution < 1.29 is 22.8 Å². The van der Waals surface area contributed by atoms with Crippen LogP contribution in [0.1, 0.15) is 49.3 Å². The number of halogens is 3. The first-order valence-electron chi connectivity index (χ1n) is 12.8. The average molecular weight is 515 g/mol. The van der Waals surface area contributed by atoms with E-state index in [-0.39, 0.29) is 31.1 Å². The molecule has 0 saturated heterocycles. The van der Waals surface area contributed by atoms with Crippen LogP contribution in [0.25, 0.3) is 10.9 Å². The molecule has 0 radical (unpaired) electrons. The van der Waals surface area contributed by atoms with Crippen molar-refractivity contribution in [3.63, 3.8) is 0 Å². The van der Waals surface area contributed by atoms with E-state index in [1.165, 1.54) is 12.1 Å². The smallest absolute Gasteiger partial charge is 0.361 e. The van der Waals surface area contributed by atoms with Crippen molar-refractivity contribution in [3.8, 4) is 0 Å². The molecular weight excluding hydrogens is 481 g/mol. The molecule has 1 aliphatic carbocycles. The van der Waals surface area contributed by atoms with E-state index in [4.69, 9.17) is 0 Å². The van der Waals surface area contributed by atoms with Crippen LogP contribution in [0.2, 0.25) is 0 Å². The van der Waals surface area contributed by atoms with E-state index < -0.39 is 11.7 Å². The van der Waals surface area contributed by atoms with Gasteiger partial charge in [-0.2, -0.15) is 13.2 Å². The van der Waals surface area contributed by atoms with Gasteiger partial charge in [0, 0.05) is 42.8 Å². The van der Waals surface area contributed by atoms with Gasteiger partial charge in [-0.3, -0.25) is 4.79 Å². The molecule has 1 heterocycles. The van der Waals surface area contributed by atoms with Crippen molar-refractivity contribution in [2.45, 2.75) is 57.8 Å². The summed E-state index contributed by atoms with van der Waals surface area (Å²) >= 11 is 0. The Kier molecular flexibility index (Phi) is 8.41. The van der Waals surface area contributed by atoms with Crippen molar-refractivity contribution in [2.75, 3.05) is 19.6 Å². The maximum Gasteiger partial charge on any atom is 0.416 e. The molecule has 0 unspecified atom stereocenters. The maximum atomic E-state index is 13.5. The van der Waals surface area contributed by atoms with E-state index in [1.54, 1.807) is 9.80 Å². The fraction of sp³-hybridized carbons (Fsp3) is 0.429. The number of aromatic amines is 1. The van der Waals surface area contributed by atoms with Gasteiger partial charge in [0.05, 0.1) is 5.56 Å². The third kappa shape index (κ3) is 7.05. The van der Waals surface area contributed by atoms with E-state index >= 15 is 0 Å². The van der Waals surface area contributed by atoms with Gasteiger partial charge in [-0.15, -0.1) is 0 Å². The van der Waals surface area contributed by atoms with Crippen LogP contribution in [0.5, 0.6) is 0 Å². The highest BCUT2D eigenvalue weighted by atomic mass is 19.4. The number of carbonyl (C=O) groups is 2. The Morgan fingerprint density at radius 1 is 1.08 bits per heavy atom. The fourth-order valence-corrected chi connectivity index (χ4v) is 4.38. The van der Waals surface area contributed by atoms with Gasteiger partial charge in [0.1, 0.15) is 6.54 Å². The first-order valence-corrected chi connectivity index (χ1v) is 12.8. The molecule has 1 fully saturated rings. The summed E-state index contributed by atoms with van der Waals surface area (Å²) in [5.74, 6) is -0.225. The van der Waals surface area contributed by atoms with Crippen molar-refractivity contribution in [3.05, 3.63) is 71.4 Å². The zero-order valence-corrected chi connectivity index (χ0v) is 21.0. The molecule has 1 aromatic heterocycles. The number of benzene rings is 2. The summed E-state index contributed by atoms with van der Waals surface area (Å²) < 4.78 is 39.1. The quantitative estimate of drug-likeness (QED) is 0.321. The van der Waals surface area contributed by atoms with E-state index in [0.29, 0.717) is 25.1 Å². The maximum absolute atomic E-state index is 13.5. The van der Waals surface area contributed by atoms with Crippen LogP contribution in [0, 0.1) is 0 Å². The largest absolute Gasteiger partial charge is 0.416 e. The van der Waals surface area contributed by atoms with E-state index in [1.807, 2.05) is 37.4 Å². The standard InChI is InChI=1S/C28H33F3N4O2/c1-2-3-15-32-27(37)35(23-12-13-23)19-26(36)34(18-20-8-10-22(11-9-20)28(29,30)31)16-14-21-17-33-25-7-5-4-6-24(21)25/h4-11,17,23,33H,2-3,12-16,18-19H2,1H3,(H,32,37). The molecule has 0 spiro atoms. The van der Waals surface area contributed by atoms with Crippen LogP contribution in [-0.2, 0) is 23.9 Å². The molecule has 0 bridgehead atoms. The Labute approximate surface area is 214 Å². The zero-order chi connectivity index (χ0) is 26.4. The summed E-state index contributed by atoms with van der Waals surface area (Å²) in [6.07, 6.45) is 1.62. The second-order valence-electron chi connectivity index (χ2n) is 9.56. The minimum atomic E-state index is -4.42. The number of rotatable bonds is 11. The third-order valence-corrected chi connectivity index (χ3v) is 6.69. The van der Waals surface area contributed by atoms with Crippen LogP contribution >= 0.6 is 0 Å². The number of carbonyl (C=O) groups excluding carboxylic acids is 2. The van der Waals surface area contributed by atoms with Crippen LogP contribution in [0.15, 0.2) is 54.7 Å². The highest BCUT2D eigenvalue weighted by Crippen LogP contribution is 2.30. The number of hydrogen-bond acceptors (Lipinski definition) is 2. The van der Waals surface area contributed by atoms with E-state index in [0.717, 1.165) is 54.3 Å². The molecule has 9 heteroatoms. The lowest BCUT2D eigenvalue weighted by Gasteiger charge is -2.28. The number of nitrogens with zero attached hydrogens (tertiary/aromatic N) is 2. The van der Waals surface area contributed by atoms with E-state index in [9.17, 15) is 22.8 Å². The Balaban J connectivity index is 1.49. The van der Waals surface area contributed by atoms with Crippen molar-refractivity contribution in [1.82, 2.24) is 20.1 Å². The first-order chi connectivity index (χ1) is 17.8. The number of unbranched alkanes of at least 4 members (excludes halogenated alkanes) is 1. The predicted octanol–water partition coefficient (Wildman–Crippen LogP) is 5.73. The number of para-hydroxylation sites is 1. The molecule has 0 aliphatic heterocycles. The second kappa shape index (κ2) is 11.7. The molecule has 1 aliphatic rings. The number of H-pyrrole nitrogens is 1. The van der Waals surface area contributed by atoms with Gasteiger partial charge in [-0.05, 0) is 55.0 Å². The van der Waals surface area contributed by atoms with Crippen molar-refractivity contribution >= 4 is 22.8 Å². The van der Waals surface area contributed by atoms with Crippen molar-refractivity contribution in [2.24, 2.45) is 0 Å². The Bertz CT molecular complexity index is 1200. The molecular formula is C28H33F3N4O2. The lowest BCUT2D eigenvalue weighted by molar-refractivity contribution is -0.137. The minimum Gasteiger partial charge on any atom is -0.361 e. The summed E-state index contributed by atoms with van der Waals surface area (Å²) in [4.78, 5) is 32.7. The molecule has 6 nitrogen and oxygen atoms in total. The SMILES string of the molecule is CCCCNC(=O)N(CC(=O)N(CCc1c[nH]c2ccccc12)Cc1ccc(C(F)(F)F)cc1)C1CC1. The van der Waals surface area contributed by atoms with Crippen LogP contribution in [0.4, 0.5) is 18.0 Å². The van der Waals surface area contributed by atoms with Crippen LogP contribution in [-0.4, -0.2) is 52.4 Å². The van der Waals surface area contributed by atoms with E-state index in [2.05, 4.69) is 10.3 Å². The molecule has 3 amide bonds. The van der Waals surface area contributed by atoms with Gasteiger partial charge < -0.3 is 20.1 Å². The third-order valence-electron chi connectivity index (χ3n) is 6.69. The number of fused-ring (bicyclic) bond motifs is 1. The summed E-state index contributed by atoms with van der Waals surface area (Å²) in [5, 5.41) is 3.97. The monoisotopic (exact) mass is 514 g/mol. The molecule has 2 aromatic carbocycles. The Morgan fingerprint density at radius 2 is 1.81 bits per heavy atom. The van der Waals surface area contributed by atoms with Gasteiger partial charge in [0.2, 0.25) is 5.91 Å². The Morgan fingerprint density at radius 3 is 2.49 bits per heavy atom. The summed E-state index contributed by atoms with van der Waals surface area (Å²) in [7, 11) is 0. The summed E-state index contributed by atoms with van der Waals surface area (Å²) in [6.45, 7) is 3.08. The lowest BCUT2D eigenvalue weighted by Crippen LogP contribution is -2.48. The summed E-state index contributed by atoms with van der Waals surface area (Å²) in [5.41, 5.74) is 1.93. The van der Waals surface area contributed by atoms with Gasteiger partial charge in [0.15, 0.2) is 0 Å². The predicted molar refractivity (Wildman–Crippen MR) is 137 cm³/mol. The average Bonchev–Trinajstić information content (AvgIpc) is 3.64. The lowest BCUT2D eigenvalue weighted by atomic mass is 10.1. The normalized spacial score (nSPS) is 13.5. The number of urea groups is 1. The van der Waals surface area contributed by atoms with Gasteiger partial charge >= 0.3 is 12.2 Å². The number of alkyl halides is 3. The molecule has 0 atom stereocenters. The van der Waals surface area contributed by atoms with Crippen LogP contribution < -0.4 is 5.32 Å². The van der Waals surface area contributed by atoms with Gasteiger partial charge in [-0.1, -0.05) is 43.7 Å². The second-order valence-corrected chi connectivity index (χ2v) is 9.56. The number of nitrogens with one attached hydrogen (secondary N) is 2. The molecule has 3 aromatic rings. The fourth-order valence-electron chi connectivity index (χ4n) is 4.38. The summed E-state index contributed by atoms with van der Waals surface area (Å²) in [6, 6.07) is 12.6. The van der Waals surface area contributed by atoms with Crippen LogP contribution in [0.3, 0.4) is 0 Å². The topological polar surface area (TPSA) is 68.4 Å². The minimum absolute atomic E-state index is 0.0483. The van der Waals surface area contributed by atoms with Gasteiger partial charge in [0.25, 0.3) is 0 Å². The van der Waals surface area contributed by atoms with Gasteiger partial charge in [-0.25, -0.2) is 4.79 Å². The Hall–Kier alpha value is -3.49. The number of hydrogen-bond donors (Lipinski definition) is 2. The highest BCUT2D eigenvalue weighted by molar-refractivity contribution is 5.85. The molecule has 198 valence electrons. The number of aromatic nitrogens is 1. The zero-order valence-electron chi connectivity index (χ0n) is 21.0. The molecule has 4 rings (SSSR count). The molecule has 37 heavy (non-hydrogen) atoms. The first kappa shape index (κ1) is 26.6. The molecule has 2 N–H and O–H groups in total. The number of amides is 3. The van der Waals surface area contributed by atoms with Crippen molar-refractivity contribution in [1.29, 1.82) is 0 Å². The highest BCUT2D eigenvalue weighted by Gasteiger charge is 2.35.